The summed E-state index contributed by atoms with van der Waals surface area (Å²) in [7, 11) is 3.97. The Bertz CT molecular complexity index is 805. The fourth-order valence-corrected chi connectivity index (χ4v) is 2.66. The Labute approximate surface area is 125 Å². The lowest BCUT2D eigenvalue weighted by Crippen LogP contribution is -2.16. The van der Waals surface area contributed by atoms with E-state index in [1.165, 1.54) is 16.2 Å². The smallest absolute Gasteiger partial charge is 0.164 e. The van der Waals surface area contributed by atoms with Crippen LogP contribution in [0.15, 0.2) is 54.6 Å². The summed E-state index contributed by atoms with van der Waals surface area (Å²) in [6, 6.07) is 18.6. The third-order valence-electron chi connectivity index (χ3n) is 3.85. The summed E-state index contributed by atoms with van der Waals surface area (Å²) in [5, 5.41) is 4.81. The maximum atomic E-state index is 12.2. The third-order valence-corrected chi connectivity index (χ3v) is 3.85. The molecule has 0 heterocycles. The van der Waals surface area contributed by atoms with Gasteiger partial charge in [0.15, 0.2) is 5.78 Å². The van der Waals surface area contributed by atoms with E-state index in [1.807, 2.05) is 37.2 Å². The summed E-state index contributed by atoms with van der Waals surface area (Å²) < 4.78 is 0. The Morgan fingerprint density at radius 1 is 0.905 bits per heavy atom. The molecule has 21 heavy (non-hydrogen) atoms. The number of rotatable bonds is 4. The maximum Gasteiger partial charge on any atom is 0.164 e. The van der Waals surface area contributed by atoms with Crippen molar-refractivity contribution in [1.29, 1.82) is 0 Å². The van der Waals surface area contributed by atoms with Crippen molar-refractivity contribution in [3.8, 4) is 0 Å². The number of benzene rings is 3. The molecule has 0 saturated carbocycles. The first-order valence-electron chi connectivity index (χ1n) is 7.24. The minimum absolute atomic E-state index is 0.207. The van der Waals surface area contributed by atoms with Crippen LogP contribution in [-0.2, 0) is 0 Å². The summed E-state index contributed by atoms with van der Waals surface area (Å²) in [5.41, 5.74) is 0.805. The molecule has 0 atom stereocenters. The number of carbonyl (C=O) groups is 1. The van der Waals surface area contributed by atoms with Gasteiger partial charge >= 0.3 is 0 Å². The molecule has 106 valence electrons. The predicted octanol–water partition coefficient (Wildman–Crippen LogP) is 4.13. The average molecular weight is 277 g/mol. The molecule has 0 saturated heterocycles. The van der Waals surface area contributed by atoms with Crippen molar-refractivity contribution >= 4 is 27.3 Å². The second-order valence-electron chi connectivity index (χ2n) is 5.70. The zero-order valence-corrected chi connectivity index (χ0v) is 12.5. The number of Topliss-reactive ketones (excluding diaryl/α,β-unsaturated/α-hetero) is 1. The molecule has 0 amide bonds. The lowest BCUT2D eigenvalue weighted by atomic mass is 9.98. The van der Waals surface area contributed by atoms with Crippen LogP contribution >= 0.6 is 0 Å². The van der Waals surface area contributed by atoms with Gasteiger partial charge in [-0.15, -0.1) is 0 Å². The fraction of sp³-hybridized carbons (Fsp3) is 0.211. The number of nitrogens with zero attached hydrogens (tertiary/aromatic N) is 1. The number of fused-ring (bicyclic) bond motifs is 3. The van der Waals surface area contributed by atoms with Crippen molar-refractivity contribution in [2.75, 3.05) is 20.6 Å². The lowest BCUT2D eigenvalue weighted by Gasteiger charge is -2.09. The van der Waals surface area contributed by atoms with E-state index in [4.69, 9.17) is 0 Å². The molecule has 3 aromatic rings. The van der Waals surface area contributed by atoms with E-state index in [9.17, 15) is 4.79 Å². The monoisotopic (exact) mass is 277 g/mol. The molecular weight excluding hydrogens is 258 g/mol. The molecule has 3 rings (SSSR count). The zero-order valence-electron chi connectivity index (χ0n) is 12.5. The van der Waals surface area contributed by atoms with Crippen LogP contribution in [0.1, 0.15) is 16.8 Å². The standard InChI is InChI=1S/C19H19NO/c1-20(2)12-11-19(21)16-9-10-18-15(13-16)8-7-14-5-3-4-6-17(14)18/h3-10,13H,11-12H2,1-2H3. The first kappa shape index (κ1) is 13.8. The Hall–Kier alpha value is -2.19. The normalized spacial score (nSPS) is 11.4. The summed E-state index contributed by atoms with van der Waals surface area (Å²) in [5.74, 6) is 0.207. The molecule has 0 aromatic heterocycles. The largest absolute Gasteiger partial charge is 0.309 e. The Morgan fingerprint density at radius 2 is 1.62 bits per heavy atom. The number of hydrogen-bond donors (Lipinski definition) is 0. The molecule has 0 aliphatic carbocycles. The minimum Gasteiger partial charge on any atom is -0.309 e. The lowest BCUT2D eigenvalue weighted by molar-refractivity contribution is 0.0972. The van der Waals surface area contributed by atoms with Gasteiger partial charge in [-0.1, -0.05) is 48.5 Å². The number of ketones is 1. The topological polar surface area (TPSA) is 20.3 Å². The predicted molar refractivity (Wildman–Crippen MR) is 89.0 cm³/mol. The van der Waals surface area contributed by atoms with E-state index in [0.717, 1.165) is 17.5 Å². The molecule has 0 bridgehead atoms. The molecule has 2 nitrogen and oxygen atoms in total. The van der Waals surface area contributed by atoms with Gasteiger partial charge in [0.05, 0.1) is 0 Å². The van der Waals surface area contributed by atoms with Gasteiger partial charge in [0.25, 0.3) is 0 Å². The fourth-order valence-electron chi connectivity index (χ4n) is 2.66. The van der Waals surface area contributed by atoms with Crippen LogP contribution in [-0.4, -0.2) is 31.3 Å². The first-order valence-corrected chi connectivity index (χ1v) is 7.24. The maximum absolute atomic E-state index is 12.2. The van der Waals surface area contributed by atoms with Crippen molar-refractivity contribution in [2.24, 2.45) is 0 Å². The van der Waals surface area contributed by atoms with Gasteiger partial charge < -0.3 is 4.90 Å². The molecule has 0 fully saturated rings. The van der Waals surface area contributed by atoms with Gasteiger partial charge in [-0.3, -0.25) is 4.79 Å². The molecule has 0 aliphatic rings. The van der Waals surface area contributed by atoms with Gasteiger partial charge in [0.2, 0.25) is 0 Å². The van der Waals surface area contributed by atoms with Gasteiger partial charge in [-0.05, 0) is 41.7 Å². The van der Waals surface area contributed by atoms with E-state index in [-0.39, 0.29) is 5.78 Å². The second-order valence-corrected chi connectivity index (χ2v) is 5.70. The summed E-state index contributed by atoms with van der Waals surface area (Å²) >= 11 is 0. The quantitative estimate of drug-likeness (QED) is 0.528. The van der Waals surface area contributed by atoms with E-state index in [1.54, 1.807) is 0 Å². The van der Waals surface area contributed by atoms with E-state index in [2.05, 4.69) is 36.4 Å². The van der Waals surface area contributed by atoms with Gasteiger partial charge in [0.1, 0.15) is 0 Å². The molecule has 0 unspecified atom stereocenters. The Morgan fingerprint density at radius 3 is 2.43 bits per heavy atom. The third kappa shape index (κ3) is 2.81. The highest BCUT2D eigenvalue weighted by atomic mass is 16.1. The molecule has 0 spiro atoms. The van der Waals surface area contributed by atoms with Crippen molar-refractivity contribution in [3.05, 3.63) is 60.2 Å². The molecule has 2 heteroatoms. The molecule has 0 radical (unpaired) electrons. The SMILES string of the molecule is CN(C)CCC(=O)c1ccc2c(ccc3ccccc32)c1. The van der Waals surface area contributed by atoms with Crippen molar-refractivity contribution in [3.63, 3.8) is 0 Å². The second kappa shape index (κ2) is 5.66. The minimum atomic E-state index is 0.207. The molecular formula is C19H19NO. The first-order chi connectivity index (χ1) is 10.1. The van der Waals surface area contributed by atoms with Crippen LogP contribution in [0.3, 0.4) is 0 Å². The van der Waals surface area contributed by atoms with Crippen LogP contribution in [0.2, 0.25) is 0 Å². The van der Waals surface area contributed by atoms with E-state index in [0.29, 0.717) is 6.42 Å². The van der Waals surface area contributed by atoms with Crippen LogP contribution in [0.5, 0.6) is 0 Å². The summed E-state index contributed by atoms with van der Waals surface area (Å²) in [6.07, 6.45) is 0.562. The Balaban J connectivity index is 2.01. The van der Waals surface area contributed by atoms with Crippen LogP contribution in [0.4, 0.5) is 0 Å². The summed E-state index contributed by atoms with van der Waals surface area (Å²) in [4.78, 5) is 14.3. The number of hydrogen-bond acceptors (Lipinski definition) is 2. The van der Waals surface area contributed by atoms with Gasteiger partial charge in [-0.2, -0.15) is 0 Å². The zero-order chi connectivity index (χ0) is 14.8. The number of carbonyl (C=O) groups excluding carboxylic acids is 1. The highest BCUT2D eigenvalue weighted by Crippen LogP contribution is 2.26. The van der Waals surface area contributed by atoms with Crippen LogP contribution in [0.25, 0.3) is 21.5 Å². The summed E-state index contributed by atoms with van der Waals surface area (Å²) in [6.45, 7) is 0.786. The average Bonchev–Trinajstić information content (AvgIpc) is 2.51. The highest BCUT2D eigenvalue weighted by molar-refractivity contribution is 6.09. The van der Waals surface area contributed by atoms with Crippen LogP contribution < -0.4 is 0 Å². The van der Waals surface area contributed by atoms with Crippen molar-refractivity contribution in [2.45, 2.75) is 6.42 Å². The molecule has 3 aromatic carbocycles. The molecule has 0 N–H and O–H groups in total. The highest BCUT2D eigenvalue weighted by Gasteiger charge is 2.08. The van der Waals surface area contributed by atoms with Gasteiger partial charge in [-0.25, -0.2) is 0 Å². The van der Waals surface area contributed by atoms with Crippen molar-refractivity contribution < 1.29 is 4.79 Å². The van der Waals surface area contributed by atoms with Crippen molar-refractivity contribution in [1.82, 2.24) is 4.90 Å². The molecule has 0 aliphatic heterocycles. The van der Waals surface area contributed by atoms with Gasteiger partial charge in [0, 0.05) is 18.5 Å². The van der Waals surface area contributed by atoms with Crippen LogP contribution in [0, 0.1) is 0 Å². The van der Waals surface area contributed by atoms with E-state index >= 15 is 0 Å². The van der Waals surface area contributed by atoms with E-state index < -0.39 is 0 Å². The Kier molecular flexibility index (Phi) is 3.72.